The molecule has 2 aromatic carbocycles. The fourth-order valence-corrected chi connectivity index (χ4v) is 6.00. The minimum atomic E-state index is 0.163. The fourth-order valence-electron chi connectivity index (χ4n) is 4.73. The SMILES string of the molecule is CC(Cc1nc2sc3c(c2c(=O)n1CCc1ccccc1)CCCC3)c1ccccc1. The molecule has 4 aromatic rings. The van der Waals surface area contributed by atoms with Gasteiger partial charge in [0.2, 0.25) is 0 Å². The molecule has 0 saturated heterocycles. The first-order valence-corrected chi connectivity index (χ1v) is 12.1. The molecule has 0 amide bonds. The molecule has 158 valence electrons. The van der Waals surface area contributed by atoms with Crippen molar-refractivity contribution in [2.24, 2.45) is 0 Å². The standard InChI is InChI=1S/C27H28N2OS/c1-19(21-12-6-3-7-13-21)18-24-28-26-25(22-14-8-9-15-23(22)31-26)27(30)29(24)17-16-20-10-4-2-5-11-20/h2-7,10-13,19H,8-9,14-18H2,1H3. The molecule has 0 spiro atoms. The number of rotatable bonds is 6. The molecule has 1 aliphatic carbocycles. The molecule has 0 radical (unpaired) electrons. The van der Waals surface area contributed by atoms with Crippen molar-refractivity contribution < 1.29 is 0 Å². The minimum absolute atomic E-state index is 0.163. The molecule has 0 bridgehead atoms. The smallest absolute Gasteiger partial charge is 0.262 e. The van der Waals surface area contributed by atoms with Crippen LogP contribution in [0.25, 0.3) is 10.2 Å². The summed E-state index contributed by atoms with van der Waals surface area (Å²) in [7, 11) is 0. The van der Waals surface area contributed by atoms with Gasteiger partial charge in [-0.1, -0.05) is 67.6 Å². The highest BCUT2D eigenvalue weighted by Gasteiger charge is 2.23. The second-order valence-electron chi connectivity index (χ2n) is 8.63. The van der Waals surface area contributed by atoms with Gasteiger partial charge in [-0.3, -0.25) is 9.36 Å². The van der Waals surface area contributed by atoms with Crippen molar-refractivity contribution in [2.45, 2.75) is 57.9 Å². The third-order valence-corrected chi connectivity index (χ3v) is 7.66. The Kier molecular flexibility index (Phi) is 5.73. The van der Waals surface area contributed by atoms with E-state index in [1.807, 2.05) is 16.7 Å². The maximum atomic E-state index is 13.8. The molecular formula is C27H28N2OS. The van der Waals surface area contributed by atoms with Gasteiger partial charge in [0.25, 0.3) is 5.56 Å². The lowest BCUT2D eigenvalue weighted by molar-refractivity contribution is 0.588. The summed E-state index contributed by atoms with van der Waals surface area (Å²) >= 11 is 1.75. The van der Waals surface area contributed by atoms with Gasteiger partial charge in [0.1, 0.15) is 10.7 Å². The summed E-state index contributed by atoms with van der Waals surface area (Å²) in [6, 6.07) is 21.0. The number of nitrogens with zero attached hydrogens (tertiary/aromatic N) is 2. The first-order valence-electron chi connectivity index (χ1n) is 11.3. The normalized spacial score (nSPS) is 14.5. The van der Waals surface area contributed by atoms with Crippen LogP contribution in [0.3, 0.4) is 0 Å². The maximum Gasteiger partial charge on any atom is 0.262 e. The van der Waals surface area contributed by atoms with Gasteiger partial charge in [-0.15, -0.1) is 11.3 Å². The van der Waals surface area contributed by atoms with E-state index in [4.69, 9.17) is 4.98 Å². The average Bonchev–Trinajstić information content (AvgIpc) is 3.18. The number of hydrogen-bond acceptors (Lipinski definition) is 3. The highest BCUT2D eigenvalue weighted by molar-refractivity contribution is 7.18. The van der Waals surface area contributed by atoms with Gasteiger partial charge in [0, 0.05) is 17.8 Å². The molecule has 0 fully saturated rings. The highest BCUT2D eigenvalue weighted by Crippen LogP contribution is 2.34. The topological polar surface area (TPSA) is 34.9 Å². The van der Waals surface area contributed by atoms with E-state index >= 15 is 0 Å². The number of benzene rings is 2. The largest absolute Gasteiger partial charge is 0.296 e. The zero-order valence-corrected chi connectivity index (χ0v) is 18.8. The molecule has 5 rings (SSSR count). The predicted molar refractivity (Wildman–Crippen MR) is 129 cm³/mol. The van der Waals surface area contributed by atoms with Crippen LogP contribution in [0, 0.1) is 0 Å². The van der Waals surface area contributed by atoms with E-state index in [2.05, 4.69) is 55.5 Å². The Morgan fingerprint density at radius 1 is 1.00 bits per heavy atom. The summed E-state index contributed by atoms with van der Waals surface area (Å²) in [6.45, 7) is 2.90. The molecule has 2 heterocycles. The molecule has 31 heavy (non-hydrogen) atoms. The lowest BCUT2D eigenvalue weighted by Crippen LogP contribution is -2.27. The molecule has 1 atom stereocenters. The van der Waals surface area contributed by atoms with Crippen molar-refractivity contribution in [3.8, 4) is 0 Å². The molecular weight excluding hydrogens is 400 g/mol. The van der Waals surface area contributed by atoms with Crippen molar-refractivity contribution in [1.29, 1.82) is 0 Å². The van der Waals surface area contributed by atoms with Crippen molar-refractivity contribution in [2.75, 3.05) is 0 Å². The lowest BCUT2D eigenvalue weighted by atomic mass is 9.96. The molecule has 1 aliphatic rings. The van der Waals surface area contributed by atoms with Gasteiger partial charge in [-0.05, 0) is 54.7 Å². The summed E-state index contributed by atoms with van der Waals surface area (Å²) in [6.07, 6.45) is 6.12. The second-order valence-corrected chi connectivity index (χ2v) is 9.71. The van der Waals surface area contributed by atoms with Gasteiger partial charge in [0.15, 0.2) is 0 Å². The zero-order valence-electron chi connectivity index (χ0n) is 18.0. The van der Waals surface area contributed by atoms with Crippen molar-refractivity contribution in [3.05, 3.63) is 98.4 Å². The van der Waals surface area contributed by atoms with Crippen LogP contribution >= 0.6 is 11.3 Å². The van der Waals surface area contributed by atoms with E-state index in [0.29, 0.717) is 12.5 Å². The highest BCUT2D eigenvalue weighted by atomic mass is 32.1. The van der Waals surface area contributed by atoms with E-state index in [1.54, 1.807) is 11.3 Å². The minimum Gasteiger partial charge on any atom is -0.296 e. The number of thiophene rings is 1. The molecule has 1 unspecified atom stereocenters. The first kappa shape index (κ1) is 20.2. The Balaban J connectivity index is 1.57. The maximum absolute atomic E-state index is 13.8. The van der Waals surface area contributed by atoms with Crippen molar-refractivity contribution in [1.82, 2.24) is 9.55 Å². The van der Waals surface area contributed by atoms with Crippen LogP contribution in [0.15, 0.2) is 65.5 Å². The van der Waals surface area contributed by atoms with Gasteiger partial charge in [-0.25, -0.2) is 4.98 Å². The predicted octanol–water partition coefficient (Wildman–Crippen LogP) is 5.93. The summed E-state index contributed by atoms with van der Waals surface area (Å²) < 4.78 is 1.97. The Hall–Kier alpha value is -2.72. The molecule has 3 nitrogen and oxygen atoms in total. The quantitative estimate of drug-likeness (QED) is 0.382. The summed E-state index contributed by atoms with van der Waals surface area (Å²) in [5, 5.41) is 0.892. The molecule has 0 N–H and O–H groups in total. The van der Waals surface area contributed by atoms with Crippen molar-refractivity contribution in [3.63, 3.8) is 0 Å². The molecule has 0 aliphatic heterocycles. The Morgan fingerprint density at radius 3 is 2.48 bits per heavy atom. The van der Waals surface area contributed by atoms with Crippen LogP contribution in [0.1, 0.15) is 53.1 Å². The summed E-state index contributed by atoms with van der Waals surface area (Å²) in [5.74, 6) is 1.23. The average molecular weight is 429 g/mol. The Bertz CT molecular complexity index is 1240. The van der Waals surface area contributed by atoms with Crippen molar-refractivity contribution >= 4 is 21.6 Å². The monoisotopic (exact) mass is 428 g/mol. The van der Waals surface area contributed by atoms with E-state index in [0.717, 1.165) is 41.7 Å². The fraction of sp³-hybridized carbons (Fsp3) is 0.333. The van der Waals surface area contributed by atoms with Crippen LogP contribution in [-0.2, 0) is 32.2 Å². The van der Waals surface area contributed by atoms with Crippen LogP contribution in [0.4, 0.5) is 0 Å². The van der Waals surface area contributed by atoms with Crippen LogP contribution in [0.2, 0.25) is 0 Å². The number of hydrogen-bond donors (Lipinski definition) is 0. The molecule has 2 aromatic heterocycles. The molecule has 4 heteroatoms. The van der Waals surface area contributed by atoms with E-state index < -0.39 is 0 Å². The van der Waals surface area contributed by atoms with Gasteiger partial charge >= 0.3 is 0 Å². The van der Waals surface area contributed by atoms with E-state index in [1.165, 1.54) is 34.4 Å². The molecule has 0 saturated carbocycles. The number of fused-ring (bicyclic) bond motifs is 3. The Labute approximate surface area is 187 Å². The van der Waals surface area contributed by atoms with Crippen LogP contribution < -0.4 is 5.56 Å². The zero-order chi connectivity index (χ0) is 21.2. The first-order chi connectivity index (χ1) is 15.2. The Morgan fingerprint density at radius 2 is 1.71 bits per heavy atom. The van der Waals surface area contributed by atoms with Crippen LogP contribution in [-0.4, -0.2) is 9.55 Å². The third kappa shape index (κ3) is 4.09. The second kappa shape index (κ2) is 8.80. The summed E-state index contributed by atoms with van der Waals surface area (Å²) in [5.41, 5.74) is 3.98. The number of aromatic nitrogens is 2. The van der Waals surface area contributed by atoms with E-state index in [-0.39, 0.29) is 5.56 Å². The summed E-state index contributed by atoms with van der Waals surface area (Å²) in [4.78, 5) is 21.2. The van der Waals surface area contributed by atoms with Gasteiger partial charge in [0.05, 0.1) is 5.39 Å². The van der Waals surface area contributed by atoms with Gasteiger partial charge < -0.3 is 0 Å². The van der Waals surface area contributed by atoms with E-state index in [9.17, 15) is 4.79 Å². The van der Waals surface area contributed by atoms with Gasteiger partial charge in [-0.2, -0.15) is 0 Å². The lowest BCUT2D eigenvalue weighted by Gasteiger charge is -2.17. The third-order valence-electron chi connectivity index (χ3n) is 6.48. The number of aryl methyl sites for hydroxylation is 3. The van der Waals surface area contributed by atoms with Crippen LogP contribution in [0.5, 0.6) is 0 Å².